The highest BCUT2D eigenvalue weighted by atomic mass is 16.7. The van der Waals surface area contributed by atoms with Crippen LogP contribution < -0.4 is 14.2 Å². The number of phenolic OH excluding ortho intramolecular Hbond substituents is 2. The van der Waals surface area contributed by atoms with E-state index in [1.807, 2.05) is 0 Å². The number of aliphatic hydroxyl groups is 5. The molecule has 7 N–H and O–H groups in total. The van der Waals surface area contributed by atoms with Crippen LogP contribution in [0, 0.1) is 0 Å². The van der Waals surface area contributed by atoms with Crippen molar-refractivity contribution in [1.82, 2.24) is 0 Å². The minimum Gasteiger partial charge on any atom is -0.504 e. The van der Waals surface area contributed by atoms with Crippen LogP contribution in [0.1, 0.15) is 28.4 Å². The summed E-state index contributed by atoms with van der Waals surface area (Å²) in [5.41, 5.74) is 0.625. The van der Waals surface area contributed by atoms with Crippen LogP contribution in [0.4, 0.5) is 0 Å². The first-order chi connectivity index (χ1) is 19.1. The van der Waals surface area contributed by atoms with Gasteiger partial charge in [-0.15, -0.1) is 0 Å². The molecule has 0 bridgehead atoms. The van der Waals surface area contributed by atoms with Crippen molar-refractivity contribution in [1.29, 1.82) is 0 Å². The average Bonchev–Trinajstić information content (AvgIpc) is 2.93. The first kappa shape index (κ1) is 28.3. The molecule has 14 nitrogen and oxygen atoms in total. The number of hydrogen-bond acceptors (Lipinski definition) is 14. The topological polar surface area (TPSA) is 214 Å². The number of ether oxygens (including phenoxy) is 6. The Morgan fingerprint density at radius 2 is 1.57 bits per heavy atom. The van der Waals surface area contributed by atoms with Crippen LogP contribution in [0.25, 0.3) is 0 Å². The van der Waals surface area contributed by atoms with Crippen LogP contribution in [-0.4, -0.2) is 111 Å². The molecule has 3 heterocycles. The van der Waals surface area contributed by atoms with Gasteiger partial charge in [0, 0.05) is 12.1 Å². The lowest BCUT2D eigenvalue weighted by Crippen LogP contribution is -2.60. The summed E-state index contributed by atoms with van der Waals surface area (Å²) < 4.78 is 33.4. The van der Waals surface area contributed by atoms with E-state index >= 15 is 0 Å². The van der Waals surface area contributed by atoms with E-state index in [9.17, 15) is 40.5 Å². The zero-order valence-corrected chi connectivity index (χ0v) is 21.2. The summed E-state index contributed by atoms with van der Waals surface area (Å²) in [7, 11) is 1.35. The normalized spacial score (nSPS) is 34.0. The summed E-state index contributed by atoms with van der Waals surface area (Å²) in [5.74, 6) is -0.646. The quantitative estimate of drug-likeness (QED) is 0.211. The molecule has 0 aliphatic carbocycles. The smallest absolute Gasteiger partial charge is 0.228 e. The Labute approximate surface area is 227 Å². The maximum Gasteiger partial charge on any atom is 0.228 e. The average molecular weight is 567 g/mol. The second-order valence-electron chi connectivity index (χ2n) is 9.71. The molecule has 2 aromatic rings. The van der Waals surface area contributed by atoms with Crippen molar-refractivity contribution in [3.05, 3.63) is 41.5 Å². The van der Waals surface area contributed by atoms with Crippen molar-refractivity contribution in [3.8, 4) is 28.7 Å². The Morgan fingerprint density at radius 1 is 0.850 bits per heavy atom. The molecule has 2 fully saturated rings. The molecule has 40 heavy (non-hydrogen) atoms. The van der Waals surface area contributed by atoms with E-state index in [0.717, 1.165) is 0 Å². The standard InChI is InChI=1S/C26H30O14/c1-35-17-5-11(6-18-20(17)14(29)7-16(39-18)10-2-3-12(27)13(28)4-10)38-25-24(34)22(32)19(9-37-25)40-26-23(33)21(31)15(30)8-36-26/h2-6,15-16,19,21-28,30-34H,7-9H2,1H3/t15-,16+,19-,21+,22-,23-,24+,25+,26+/m1/s1. The number of Topliss-reactive ketones (excluding diaryl/α,β-unsaturated/α-hetero) is 1. The predicted molar refractivity (Wildman–Crippen MR) is 130 cm³/mol. The molecule has 9 atom stereocenters. The molecule has 0 spiro atoms. The summed E-state index contributed by atoms with van der Waals surface area (Å²) >= 11 is 0. The number of fused-ring (bicyclic) bond motifs is 1. The lowest BCUT2D eigenvalue weighted by Gasteiger charge is -2.41. The monoisotopic (exact) mass is 566 g/mol. The van der Waals surface area contributed by atoms with Gasteiger partial charge in [-0.2, -0.15) is 0 Å². The van der Waals surface area contributed by atoms with Gasteiger partial charge in [0.2, 0.25) is 6.29 Å². The van der Waals surface area contributed by atoms with Crippen molar-refractivity contribution in [2.45, 2.75) is 61.7 Å². The third kappa shape index (κ3) is 5.40. The first-order valence-corrected chi connectivity index (χ1v) is 12.5. The molecule has 0 amide bonds. The van der Waals surface area contributed by atoms with Crippen LogP contribution in [0.3, 0.4) is 0 Å². The maximum atomic E-state index is 13.0. The Balaban J connectivity index is 1.30. The minimum atomic E-state index is -1.63. The second-order valence-corrected chi connectivity index (χ2v) is 9.71. The van der Waals surface area contributed by atoms with Crippen LogP contribution in [0.2, 0.25) is 0 Å². The molecule has 0 radical (unpaired) electrons. The number of rotatable bonds is 6. The largest absolute Gasteiger partial charge is 0.504 e. The van der Waals surface area contributed by atoms with E-state index < -0.39 is 55.3 Å². The molecule has 3 aliphatic rings. The molecular weight excluding hydrogens is 536 g/mol. The van der Waals surface area contributed by atoms with Gasteiger partial charge in [-0.25, -0.2) is 0 Å². The third-order valence-corrected chi connectivity index (χ3v) is 7.00. The molecule has 2 saturated heterocycles. The van der Waals surface area contributed by atoms with Gasteiger partial charge in [-0.05, 0) is 17.7 Å². The summed E-state index contributed by atoms with van der Waals surface area (Å²) in [6.45, 7) is -0.599. The molecule has 5 rings (SSSR count). The van der Waals surface area contributed by atoms with Gasteiger partial charge in [0.1, 0.15) is 65.5 Å². The van der Waals surface area contributed by atoms with Crippen molar-refractivity contribution < 1.29 is 69.0 Å². The number of hydrogen-bond donors (Lipinski definition) is 7. The Kier molecular flexibility index (Phi) is 8.03. The lowest BCUT2D eigenvalue weighted by atomic mass is 9.95. The number of ketones is 1. The van der Waals surface area contributed by atoms with Gasteiger partial charge in [0.25, 0.3) is 0 Å². The van der Waals surface area contributed by atoms with Gasteiger partial charge in [-0.1, -0.05) is 6.07 Å². The van der Waals surface area contributed by atoms with Gasteiger partial charge >= 0.3 is 0 Å². The zero-order valence-electron chi connectivity index (χ0n) is 21.2. The number of phenols is 2. The van der Waals surface area contributed by atoms with E-state index in [1.165, 1.54) is 37.4 Å². The number of methoxy groups -OCH3 is 1. The molecule has 218 valence electrons. The van der Waals surface area contributed by atoms with Crippen LogP contribution in [-0.2, 0) is 14.2 Å². The molecular formula is C26H30O14. The van der Waals surface area contributed by atoms with Crippen molar-refractivity contribution in [3.63, 3.8) is 0 Å². The molecule has 14 heteroatoms. The number of benzene rings is 2. The maximum absolute atomic E-state index is 13.0. The highest BCUT2D eigenvalue weighted by Crippen LogP contribution is 2.43. The number of aromatic hydroxyl groups is 2. The predicted octanol–water partition coefficient (Wildman–Crippen LogP) is -0.906. The van der Waals surface area contributed by atoms with E-state index in [0.29, 0.717) is 5.56 Å². The third-order valence-electron chi connectivity index (χ3n) is 7.00. The summed E-state index contributed by atoms with van der Waals surface area (Å²) in [6.07, 6.45) is -12.4. The molecule has 0 unspecified atom stereocenters. The summed E-state index contributed by atoms with van der Waals surface area (Å²) in [6, 6.07) is 6.89. The highest BCUT2D eigenvalue weighted by molar-refractivity contribution is 6.02. The highest BCUT2D eigenvalue weighted by Gasteiger charge is 2.45. The van der Waals surface area contributed by atoms with E-state index in [-0.39, 0.29) is 59.7 Å². The molecule has 0 saturated carbocycles. The van der Waals surface area contributed by atoms with Gasteiger partial charge < -0.3 is 64.2 Å². The van der Waals surface area contributed by atoms with Crippen LogP contribution >= 0.6 is 0 Å². The fourth-order valence-corrected chi connectivity index (χ4v) is 4.75. The van der Waals surface area contributed by atoms with Crippen molar-refractivity contribution >= 4 is 5.78 Å². The van der Waals surface area contributed by atoms with Gasteiger partial charge in [0.15, 0.2) is 23.6 Å². The van der Waals surface area contributed by atoms with E-state index in [2.05, 4.69) is 0 Å². The van der Waals surface area contributed by atoms with Crippen molar-refractivity contribution in [2.75, 3.05) is 20.3 Å². The molecule has 3 aliphatic heterocycles. The number of aliphatic hydroxyl groups excluding tert-OH is 5. The molecule has 2 aromatic carbocycles. The van der Waals surface area contributed by atoms with Crippen LogP contribution in [0.5, 0.6) is 28.7 Å². The minimum absolute atomic E-state index is 0.0544. The molecule has 0 aromatic heterocycles. The summed E-state index contributed by atoms with van der Waals surface area (Å²) in [4.78, 5) is 13.0. The van der Waals surface area contributed by atoms with E-state index in [4.69, 9.17) is 28.4 Å². The van der Waals surface area contributed by atoms with Crippen LogP contribution in [0.15, 0.2) is 30.3 Å². The SMILES string of the molecule is COc1cc(O[C@@H]2OC[C@@H](O[C@@H]3OC[C@@H](O)[C@H](O)[C@H]3O)[C@@H](O)[C@@H]2O)cc2c1C(=O)C[C@@H](c1ccc(O)c(O)c1)O2. The van der Waals surface area contributed by atoms with Gasteiger partial charge in [0.05, 0.1) is 26.7 Å². The number of carbonyl (C=O) groups is 1. The Bertz CT molecular complexity index is 1240. The lowest BCUT2D eigenvalue weighted by molar-refractivity contribution is -0.320. The zero-order chi connectivity index (χ0) is 28.7. The summed E-state index contributed by atoms with van der Waals surface area (Å²) in [5, 5.41) is 70.3. The van der Waals surface area contributed by atoms with Gasteiger partial charge in [-0.3, -0.25) is 4.79 Å². The number of carbonyl (C=O) groups excluding carboxylic acids is 1. The van der Waals surface area contributed by atoms with E-state index in [1.54, 1.807) is 0 Å². The first-order valence-electron chi connectivity index (χ1n) is 12.5. The second kappa shape index (κ2) is 11.3. The Morgan fingerprint density at radius 3 is 2.30 bits per heavy atom. The van der Waals surface area contributed by atoms with Crippen molar-refractivity contribution in [2.24, 2.45) is 0 Å². The Hall–Kier alpha value is -3.21. The fourth-order valence-electron chi connectivity index (χ4n) is 4.75. The fraction of sp³-hybridized carbons (Fsp3) is 0.500.